The molecule has 9 heteroatoms. The number of hydrogen-bond acceptors (Lipinski definition) is 6. The van der Waals surface area contributed by atoms with E-state index in [0.717, 1.165) is 5.56 Å². The summed E-state index contributed by atoms with van der Waals surface area (Å²) in [5.41, 5.74) is 2.56. The maximum atomic E-state index is 12.6. The van der Waals surface area contributed by atoms with E-state index in [2.05, 4.69) is 20.0 Å². The molecule has 0 aliphatic carbocycles. The van der Waals surface area contributed by atoms with Crippen LogP contribution in [0.15, 0.2) is 65.6 Å². The van der Waals surface area contributed by atoms with Gasteiger partial charge in [-0.15, -0.1) is 0 Å². The Balaban J connectivity index is 1.67. The summed E-state index contributed by atoms with van der Waals surface area (Å²) in [5.74, 6) is 0.347. The highest BCUT2D eigenvalue weighted by atomic mass is 32.2. The van der Waals surface area contributed by atoms with Crippen molar-refractivity contribution < 1.29 is 17.9 Å². The molecule has 0 aliphatic heterocycles. The van der Waals surface area contributed by atoms with Crippen LogP contribution < -0.4 is 14.8 Å². The van der Waals surface area contributed by atoms with Crippen LogP contribution in [-0.2, 0) is 14.8 Å². The van der Waals surface area contributed by atoms with Gasteiger partial charge in [0.15, 0.2) is 0 Å². The van der Waals surface area contributed by atoms with Crippen LogP contribution in [-0.4, -0.2) is 30.9 Å². The fraction of sp³-hybridized carbons (Fsp3) is 0.174. The molecule has 8 nitrogen and oxygen atoms in total. The molecule has 0 unspecified atom stereocenters. The van der Waals surface area contributed by atoms with Crippen LogP contribution in [0.3, 0.4) is 0 Å². The summed E-state index contributed by atoms with van der Waals surface area (Å²) in [6.07, 6.45) is 3.05. The number of anilines is 2. The Kier molecular flexibility index (Phi) is 7.21. The molecule has 32 heavy (non-hydrogen) atoms. The predicted octanol–water partition coefficient (Wildman–Crippen LogP) is 3.94. The van der Waals surface area contributed by atoms with Crippen molar-refractivity contribution >= 4 is 33.6 Å². The summed E-state index contributed by atoms with van der Waals surface area (Å²) in [6, 6.07) is 15.0. The number of sulfonamides is 1. The minimum absolute atomic E-state index is 0.0114. The zero-order valence-corrected chi connectivity index (χ0v) is 18.8. The van der Waals surface area contributed by atoms with Crippen molar-refractivity contribution in [2.75, 3.05) is 16.6 Å². The molecule has 3 aromatic rings. The maximum Gasteiger partial charge on any atom is 0.264 e. The Morgan fingerprint density at radius 3 is 2.34 bits per heavy atom. The van der Waals surface area contributed by atoms with Crippen molar-refractivity contribution in [1.82, 2.24) is 9.97 Å². The monoisotopic (exact) mass is 452 g/mol. The Morgan fingerprint density at radius 1 is 1.03 bits per heavy atom. The Morgan fingerprint density at radius 2 is 1.69 bits per heavy atom. The van der Waals surface area contributed by atoms with Gasteiger partial charge in [-0.25, -0.2) is 23.1 Å². The van der Waals surface area contributed by atoms with Gasteiger partial charge in [0.2, 0.25) is 11.9 Å². The molecule has 166 valence electrons. The predicted molar refractivity (Wildman–Crippen MR) is 124 cm³/mol. The number of carbonyl (C=O) groups excluding carboxylic acids is 1. The first-order valence-electron chi connectivity index (χ1n) is 9.93. The fourth-order valence-electron chi connectivity index (χ4n) is 2.92. The van der Waals surface area contributed by atoms with Gasteiger partial charge in [-0.05, 0) is 63.2 Å². The molecule has 0 bridgehead atoms. The average molecular weight is 453 g/mol. The molecule has 1 heterocycles. The van der Waals surface area contributed by atoms with Gasteiger partial charge in [-0.3, -0.25) is 4.79 Å². The van der Waals surface area contributed by atoms with Gasteiger partial charge in [0, 0.05) is 28.7 Å². The summed E-state index contributed by atoms with van der Waals surface area (Å²) in [6.45, 7) is 5.93. The number of nitrogens with one attached hydrogen (secondary N) is 2. The molecular formula is C23H24N4O4S. The van der Waals surface area contributed by atoms with E-state index in [1.165, 1.54) is 30.3 Å². The molecule has 0 spiro atoms. The topological polar surface area (TPSA) is 110 Å². The second kappa shape index (κ2) is 10.1. The largest absolute Gasteiger partial charge is 0.493 e. The van der Waals surface area contributed by atoms with E-state index in [1.807, 2.05) is 31.2 Å². The average Bonchev–Trinajstić information content (AvgIpc) is 2.72. The minimum atomic E-state index is -3.86. The first kappa shape index (κ1) is 23.0. The van der Waals surface area contributed by atoms with Crippen LogP contribution in [0, 0.1) is 13.8 Å². The van der Waals surface area contributed by atoms with Gasteiger partial charge in [0.1, 0.15) is 5.75 Å². The quantitative estimate of drug-likeness (QED) is 0.501. The number of hydrogen-bond donors (Lipinski definition) is 2. The minimum Gasteiger partial charge on any atom is -0.493 e. The van der Waals surface area contributed by atoms with Crippen LogP contribution >= 0.6 is 0 Å². The maximum absolute atomic E-state index is 12.6. The van der Waals surface area contributed by atoms with Crippen LogP contribution in [0.1, 0.15) is 23.9 Å². The van der Waals surface area contributed by atoms with E-state index in [1.54, 1.807) is 26.0 Å². The number of amides is 1. The summed E-state index contributed by atoms with van der Waals surface area (Å²) in [4.78, 5) is 20.5. The fourth-order valence-corrected chi connectivity index (χ4v) is 3.87. The molecule has 2 aromatic carbocycles. The molecule has 0 fully saturated rings. The van der Waals surface area contributed by atoms with Crippen LogP contribution in [0.25, 0.3) is 6.08 Å². The van der Waals surface area contributed by atoms with E-state index >= 15 is 0 Å². The molecule has 2 N–H and O–H groups in total. The van der Waals surface area contributed by atoms with Crippen molar-refractivity contribution in [3.8, 4) is 5.75 Å². The summed E-state index contributed by atoms with van der Waals surface area (Å²) in [5, 5.41) is 2.70. The lowest BCUT2D eigenvalue weighted by Crippen LogP contribution is -2.16. The number of benzene rings is 2. The van der Waals surface area contributed by atoms with Gasteiger partial charge in [0.05, 0.1) is 11.5 Å². The first-order chi connectivity index (χ1) is 15.3. The number of ether oxygens (including phenoxy) is 1. The summed E-state index contributed by atoms with van der Waals surface area (Å²) in [7, 11) is -3.86. The van der Waals surface area contributed by atoms with E-state index in [-0.39, 0.29) is 16.8 Å². The van der Waals surface area contributed by atoms with Crippen LogP contribution in [0.2, 0.25) is 0 Å². The van der Waals surface area contributed by atoms with Gasteiger partial charge >= 0.3 is 0 Å². The van der Waals surface area contributed by atoms with Crippen molar-refractivity contribution in [2.45, 2.75) is 25.7 Å². The van der Waals surface area contributed by atoms with E-state index < -0.39 is 10.0 Å². The van der Waals surface area contributed by atoms with Gasteiger partial charge in [-0.1, -0.05) is 18.2 Å². The van der Waals surface area contributed by atoms with Crippen molar-refractivity contribution in [2.24, 2.45) is 0 Å². The molecule has 0 saturated heterocycles. The lowest BCUT2D eigenvalue weighted by molar-refractivity contribution is -0.111. The zero-order valence-electron chi connectivity index (χ0n) is 18.0. The van der Waals surface area contributed by atoms with E-state index in [4.69, 9.17) is 4.74 Å². The zero-order chi connectivity index (χ0) is 23.1. The molecule has 0 saturated carbocycles. The van der Waals surface area contributed by atoms with Gasteiger partial charge in [0.25, 0.3) is 10.0 Å². The highest BCUT2D eigenvalue weighted by Gasteiger charge is 2.16. The van der Waals surface area contributed by atoms with E-state index in [9.17, 15) is 13.2 Å². The molecule has 0 atom stereocenters. The van der Waals surface area contributed by atoms with Crippen molar-refractivity contribution in [1.29, 1.82) is 0 Å². The Hall–Kier alpha value is -3.72. The number of para-hydroxylation sites is 1. The second-order valence-electron chi connectivity index (χ2n) is 6.90. The number of aryl methyl sites for hydroxylation is 2. The molecular weight excluding hydrogens is 428 g/mol. The smallest absolute Gasteiger partial charge is 0.264 e. The Bertz CT molecular complexity index is 1220. The third-order valence-corrected chi connectivity index (χ3v) is 5.62. The summed E-state index contributed by atoms with van der Waals surface area (Å²) >= 11 is 0. The summed E-state index contributed by atoms with van der Waals surface area (Å²) < 4.78 is 33.1. The molecule has 0 aliphatic rings. The first-order valence-corrected chi connectivity index (χ1v) is 11.4. The van der Waals surface area contributed by atoms with Crippen LogP contribution in [0.4, 0.5) is 11.6 Å². The van der Waals surface area contributed by atoms with Gasteiger partial charge in [-0.2, -0.15) is 0 Å². The van der Waals surface area contributed by atoms with Crippen LogP contribution in [0.5, 0.6) is 5.75 Å². The van der Waals surface area contributed by atoms with Gasteiger partial charge < -0.3 is 10.1 Å². The second-order valence-corrected chi connectivity index (χ2v) is 8.58. The third kappa shape index (κ3) is 6.14. The molecule has 3 rings (SSSR count). The lowest BCUT2D eigenvalue weighted by Gasteiger charge is -2.09. The number of nitrogens with zero attached hydrogens (tertiary/aromatic N) is 2. The molecule has 1 amide bonds. The number of carbonyl (C=O) groups is 1. The van der Waals surface area contributed by atoms with E-state index in [0.29, 0.717) is 29.4 Å². The molecule has 0 radical (unpaired) electrons. The lowest BCUT2D eigenvalue weighted by atomic mass is 10.2. The highest BCUT2D eigenvalue weighted by Crippen LogP contribution is 2.20. The molecule has 1 aromatic heterocycles. The normalized spacial score (nSPS) is 11.3. The highest BCUT2D eigenvalue weighted by molar-refractivity contribution is 7.92. The Labute approximate surface area is 187 Å². The third-order valence-electron chi connectivity index (χ3n) is 4.27. The number of aromatic nitrogens is 2. The number of rotatable bonds is 8. The van der Waals surface area contributed by atoms with Crippen molar-refractivity contribution in [3.63, 3.8) is 0 Å². The van der Waals surface area contributed by atoms with Crippen molar-refractivity contribution in [3.05, 3.63) is 77.6 Å². The standard InChI is InChI=1S/C23H24N4O4S/c1-4-31-21-8-6-5-7-18(21)9-14-22(28)26-19-10-12-20(13-11-19)32(29,30)27-23-24-16(2)15-17(3)25-23/h5-15H,4H2,1-3H3,(H,26,28)(H,24,25,27). The SMILES string of the molecule is CCOc1ccccc1C=CC(=O)Nc1ccc(S(=O)(=O)Nc2nc(C)cc(C)n2)cc1.